The van der Waals surface area contributed by atoms with E-state index in [1.807, 2.05) is 6.07 Å². The summed E-state index contributed by atoms with van der Waals surface area (Å²) in [6.07, 6.45) is 4.21. The van der Waals surface area contributed by atoms with Crippen molar-refractivity contribution in [1.82, 2.24) is 0 Å². The van der Waals surface area contributed by atoms with Crippen molar-refractivity contribution in [2.75, 3.05) is 6.66 Å². The van der Waals surface area contributed by atoms with Crippen molar-refractivity contribution in [1.29, 1.82) is 0 Å². The van der Waals surface area contributed by atoms with Gasteiger partial charge in [0.05, 0.1) is 6.61 Å². The number of aromatic hydroxyl groups is 5. The van der Waals surface area contributed by atoms with Gasteiger partial charge in [0.25, 0.3) is 0 Å². The fourth-order valence-corrected chi connectivity index (χ4v) is 4.70. The van der Waals surface area contributed by atoms with Crippen molar-refractivity contribution in [3.05, 3.63) is 105 Å². The van der Waals surface area contributed by atoms with Gasteiger partial charge in [0.15, 0.2) is 17.3 Å². The Kier molecular flexibility index (Phi) is 10.3. The second kappa shape index (κ2) is 13.7. The van der Waals surface area contributed by atoms with Gasteiger partial charge >= 0.3 is 0 Å². The van der Waals surface area contributed by atoms with Crippen molar-refractivity contribution in [2.45, 2.75) is 13.5 Å². The van der Waals surface area contributed by atoms with Crippen LogP contribution in [0.5, 0.6) is 28.7 Å². The lowest BCUT2D eigenvalue weighted by atomic mass is 10.1. The summed E-state index contributed by atoms with van der Waals surface area (Å²) in [6.45, 7) is 4.35. The number of aliphatic hydroxyl groups is 1. The third-order valence-electron chi connectivity index (χ3n) is 6.20. The summed E-state index contributed by atoms with van der Waals surface area (Å²) < 4.78 is 5.35. The van der Waals surface area contributed by atoms with E-state index in [2.05, 4.69) is 62.1 Å². The molecule has 0 aliphatic rings. The van der Waals surface area contributed by atoms with E-state index >= 15 is 0 Å². The van der Waals surface area contributed by atoms with Crippen LogP contribution in [-0.2, 0) is 6.61 Å². The minimum atomic E-state index is -0.888. The summed E-state index contributed by atoms with van der Waals surface area (Å²) >= 11 is 0. The number of aryl methyl sites for hydroxylation is 1. The molecule has 0 aliphatic carbocycles. The van der Waals surface area contributed by atoms with Crippen LogP contribution in [0.25, 0.3) is 34.4 Å². The smallest absolute Gasteiger partial charge is 0.238 e. The lowest BCUT2D eigenvalue weighted by Crippen LogP contribution is -2.02. The molecule has 0 amide bonds. The SMILES string of the molecule is CPc1cc(/C=C/c2ccc(C)cc2)cc(CO)c1.O.O=c1c(O)c(-c2ccc(O)c(O)c2)oc2cc(O)cc(O)c12. The molecule has 0 spiro atoms. The van der Waals surface area contributed by atoms with Crippen molar-refractivity contribution < 1.29 is 40.5 Å². The van der Waals surface area contributed by atoms with Crippen LogP contribution < -0.4 is 10.7 Å². The maximum Gasteiger partial charge on any atom is 0.238 e. The molecule has 4 aromatic carbocycles. The molecule has 5 rings (SSSR count). The first-order chi connectivity index (χ1) is 19.6. The Morgan fingerprint density at radius 1 is 0.786 bits per heavy atom. The number of phenolic OH excluding ortho intramolecular Hbond substituents is 4. The number of fused-ring (bicyclic) bond motifs is 1. The molecule has 10 heteroatoms. The predicted molar refractivity (Wildman–Crippen MR) is 166 cm³/mol. The Bertz CT molecular complexity index is 1770. The second-order valence-electron chi connectivity index (χ2n) is 9.27. The van der Waals surface area contributed by atoms with Crippen molar-refractivity contribution in [3.8, 4) is 40.1 Å². The Hall–Kier alpha value is -4.82. The highest BCUT2D eigenvalue weighted by Crippen LogP contribution is 2.37. The molecule has 0 saturated heterocycles. The molecule has 218 valence electrons. The van der Waals surface area contributed by atoms with E-state index in [-0.39, 0.29) is 45.9 Å². The fourth-order valence-electron chi connectivity index (χ4n) is 4.06. The van der Waals surface area contributed by atoms with Gasteiger partial charge in [-0.05, 0) is 72.0 Å². The minimum absolute atomic E-state index is 0. The van der Waals surface area contributed by atoms with Gasteiger partial charge in [-0.1, -0.05) is 50.6 Å². The van der Waals surface area contributed by atoms with E-state index < -0.39 is 22.7 Å². The van der Waals surface area contributed by atoms with Gasteiger partial charge in [-0.15, -0.1) is 0 Å². The summed E-state index contributed by atoms with van der Waals surface area (Å²) in [5, 5.41) is 58.2. The average molecular weight is 591 g/mol. The minimum Gasteiger partial charge on any atom is -0.508 e. The highest BCUT2D eigenvalue weighted by atomic mass is 31.1. The zero-order valence-corrected chi connectivity index (χ0v) is 23.8. The topological polar surface area (TPSA) is 183 Å². The zero-order valence-electron chi connectivity index (χ0n) is 22.8. The Labute approximate surface area is 243 Å². The third-order valence-corrected chi connectivity index (χ3v) is 7.07. The molecule has 0 bridgehead atoms. The summed E-state index contributed by atoms with van der Waals surface area (Å²) in [7, 11) is 0.750. The van der Waals surface area contributed by atoms with Crippen molar-refractivity contribution in [3.63, 3.8) is 0 Å². The van der Waals surface area contributed by atoms with Crippen LogP contribution in [0.3, 0.4) is 0 Å². The lowest BCUT2D eigenvalue weighted by Gasteiger charge is -2.08. The Morgan fingerprint density at radius 2 is 1.48 bits per heavy atom. The molecule has 1 aromatic heterocycles. The first kappa shape index (κ1) is 31.7. The highest BCUT2D eigenvalue weighted by Gasteiger charge is 2.19. The fraction of sp³-hybridized carbons (Fsp3) is 0.0938. The molecule has 8 N–H and O–H groups in total. The molecular formula is C32H31O9P. The summed E-state index contributed by atoms with van der Waals surface area (Å²) in [4.78, 5) is 12.1. The number of hydrogen-bond donors (Lipinski definition) is 6. The van der Waals surface area contributed by atoms with Crippen LogP contribution >= 0.6 is 8.58 Å². The molecule has 5 aromatic rings. The maximum atomic E-state index is 12.1. The number of rotatable bonds is 5. The molecule has 42 heavy (non-hydrogen) atoms. The van der Waals surface area contributed by atoms with Crippen molar-refractivity contribution in [2.24, 2.45) is 0 Å². The number of benzene rings is 4. The molecule has 1 heterocycles. The third kappa shape index (κ3) is 7.27. The van der Waals surface area contributed by atoms with E-state index in [9.17, 15) is 35.4 Å². The van der Waals surface area contributed by atoms with E-state index in [1.54, 1.807) is 0 Å². The number of aliphatic hydroxyl groups excluding tert-OH is 1. The van der Waals surface area contributed by atoms with Crippen LogP contribution in [0.1, 0.15) is 22.3 Å². The largest absolute Gasteiger partial charge is 0.508 e. The van der Waals surface area contributed by atoms with Crippen LogP contribution in [0, 0.1) is 6.92 Å². The zero-order chi connectivity index (χ0) is 29.7. The van der Waals surface area contributed by atoms with Gasteiger partial charge in [-0.3, -0.25) is 4.79 Å². The van der Waals surface area contributed by atoms with E-state index in [0.717, 1.165) is 44.0 Å². The first-order valence-electron chi connectivity index (χ1n) is 12.5. The summed E-state index contributed by atoms with van der Waals surface area (Å²) in [5.74, 6) is -2.71. The number of phenols is 4. The summed E-state index contributed by atoms with van der Waals surface area (Å²) in [6, 6.07) is 20.4. The summed E-state index contributed by atoms with van der Waals surface area (Å²) in [5.41, 5.74) is 3.71. The molecule has 0 fully saturated rings. The highest BCUT2D eigenvalue weighted by molar-refractivity contribution is 7.46. The predicted octanol–water partition coefficient (Wildman–Crippen LogP) is 4.75. The normalized spacial score (nSPS) is 11.0. The van der Waals surface area contributed by atoms with Crippen LogP contribution in [0.4, 0.5) is 0 Å². The average Bonchev–Trinajstić information content (AvgIpc) is 2.96. The second-order valence-corrected chi connectivity index (χ2v) is 10.3. The molecule has 1 atom stereocenters. The molecule has 1 unspecified atom stereocenters. The lowest BCUT2D eigenvalue weighted by molar-refractivity contribution is 0.282. The molecular weight excluding hydrogens is 559 g/mol. The van der Waals surface area contributed by atoms with E-state index in [1.165, 1.54) is 22.5 Å². The van der Waals surface area contributed by atoms with Crippen LogP contribution in [0.15, 0.2) is 82.0 Å². The van der Waals surface area contributed by atoms with Crippen LogP contribution in [-0.4, -0.2) is 42.8 Å². The number of hydrogen-bond acceptors (Lipinski definition) is 8. The monoisotopic (exact) mass is 590 g/mol. The standard InChI is InChI=1S/C17H19OP.C15H10O7.H2O/c1-13-3-5-14(6-4-13)7-8-15-9-16(12-18)11-17(10-15)19-2;16-7-4-10(19)12-11(5-7)22-15(14(21)13(12)20)6-1-2-8(17)9(18)3-6;/h3-11,18-19H,12H2,1-2H3;1-5,16-19,21H;1H2/b8-7+;;. The molecule has 0 radical (unpaired) electrons. The van der Waals surface area contributed by atoms with Crippen molar-refractivity contribution >= 4 is 37.0 Å². The van der Waals surface area contributed by atoms with Gasteiger partial charge < -0.3 is 40.5 Å². The van der Waals surface area contributed by atoms with Gasteiger partial charge in [-0.25, -0.2) is 0 Å². The van der Waals surface area contributed by atoms with Gasteiger partial charge in [0, 0.05) is 17.7 Å². The Morgan fingerprint density at radius 3 is 2.12 bits per heavy atom. The van der Waals surface area contributed by atoms with Crippen LogP contribution in [0.2, 0.25) is 0 Å². The molecule has 0 aliphatic heterocycles. The molecule has 9 nitrogen and oxygen atoms in total. The maximum absolute atomic E-state index is 12.1. The van der Waals surface area contributed by atoms with Gasteiger partial charge in [0.1, 0.15) is 22.5 Å². The van der Waals surface area contributed by atoms with Gasteiger partial charge in [-0.2, -0.15) is 0 Å². The van der Waals surface area contributed by atoms with E-state index in [0.29, 0.717) is 0 Å². The van der Waals surface area contributed by atoms with Gasteiger partial charge in [0.2, 0.25) is 11.2 Å². The van der Waals surface area contributed by atoms with E-state index in [4.69, 9.17) is 4.42 Å². The molecule has 0 saturated carbocycles. The quantitative estimate of drug-likeness (QED) is 0.0962. The Balaban J connectivity index is 0.000000228. The first-order valence-corrected chi connectivity index (χ1v) is 14.0.